The number of hydrogen-bond donors (Lipinski definition) is 2. The van der Waals surface area contributed by atoms with Gasteiger partial charge in [-0.25, -0.2) is 0 Å². The van der Waals surface area contributed by atoms with Crippen LogP contribution in [0.4, 0.5) is 0 Å². The van der Waals surface area contributed by atoms with E-state index in [1.165, 1.54) is 34.5 Å². The van der Waals surface area contributed by atoms with Crippen LogP contribution in [0.5, 0.6) is 34.5 Å². The molecule has 1 amide bonds. The molecule has 2 aliphatic heterocycles. The number of rotatable bonds is 5. The van der Waals surface area contributed by atoms with Crippen LogP contribution in [0.25, 0.3) is 0 Å². The van der Waals surface area contributed by atoms with E-state index in [0.717, 1.165) is 0 Å². The number of benzene rings is 2. The Kier molecular flexibility index (Phi) is 6.18. The zero-order valence-corrected chi connectivity index (χ0v) is 22.1. The van der Waals surface area contributed by atoms with Crippen LogP contribution in [0.2, 0.25) is 5.02 Å². The number of halogens is 1. The predicted octanol–water partition coefficient (Wildman–Crippen LogP) is 3.56. The summed E-state index contributed by atoms with van der Waals surface area (Å²) >= 11 is 6.52. The van der Waals surface area contributed by atoms with E-state index >= 15 is 0 Å². The molecule has 200 valence electrons. The van der Waals surface area contributed by atoms with Crippen LogP contribution in [0, 0.1) is 5.92 Å². The number of nitrogens with one attached hydrogen (secondary N) is 1. The highest BCUT2D eigenvalue weighted by Crippen LogP contribution is 2.55. The maximum absolute atomic E-state index is 14.4. The van der Waals surface area contributed by atoms with E-state index in [-0.39, 0.29) is 69.4 Å². The van der Waals surface area contributed by atoms with Crippen LogP contribution in [-0.2, 0) is 9.59 Å². The minimum Gasteiger partial charge on any atom is -0.502 e. The van der Waals surface area contributed by atoms with Gasteiger partial charge in [0, 0.05) is 35.6 Å². The number of allylic oxidation sites excluding steroid dienone is 1. The molecular weight excluding hydrogens is 518 g/mol. The highest BCUT2D eigenvalue weighted by Gasteiger charge is 2.63. The van der Waals surface area contributed by atoms with Crippen LogP contribution in [0.3, 0.4) is 0 Å². The average Bonchev–Trinajstić information content (AvgIpc) is 3.22. The van der Waals surface area contributed by atoms with Gasteiger partial charge in [-0.05, 0) is 24.1 Å². The molecule has 1 spiro atoms. The summed E-state index contributed by atoms with van der Waals surface area (Å²) in [5.74, 6) is -2.42. The number of amides is 1. The minimum absolute atomic E-state index is 0.0153. The standard InChI is InChI=1S/C27H26ClNO9/c1-11-6-14-20(13(9-19(30)29-14)12-7-17(36-4)23(31)18(8-12)37-5)25(32)27(11)26(33)21-15(34-2)10-16(35-3)22(28)24(21)38-27/h7-8,10-11,13,31H,6,9H2,1-5H3,(H,29,30). The highest BCUT2D eigenvalue weighted by atomic mass is 35.5. The van der Waals surface area contributed by atoms with E-state index in [9.17, 15) is 19.5 Å². The zero-order chi connectivity index (χ0) is 27.5. The summed E-state index contributed by atoms with van der Waals surface area (Å²) in [6.45, 7) is 1.71. The maximum atomic E-state index is 14.4. The number of hydrogen-bond acceptors (Lipinski definition) is 9. The number of Topliss-reactive ketones (excluding diaryl/α,β-unsaturated/α-hetero) is 2. The Bertz CT molecular complexity index is 1410. The van der Waals surface area contributed by atoms with E-state index in [4.69, 9.17) is 35.3 Å². The van der Waals surface area contributed by atoms with Crippen LogP contribution < -0.4 is 29.0 Å². The van der Waals surface area contributed by atoms with Crippen molar-refractivity contribution in [3.8, 4) is 34.5 Å². The van der Waals surface area contributed by atoms with Crippen molar-refractivity contribution in [3.63, 3.8) is 0 Å². The Balaban J connectivity index is 1.68. The first-order valence-corrected chi connectivity index (χ1v) is 12.2. The van der Waals surface area contributed by atoms with Crippen molar-refractivity contribution < 1.29 is 43.2 Å². The molecule has 38 heavy (non-hydrogen) atoms. The fourth-order valence-corrected chi connectivity index (χ4v) is 5.85. The molecule has 3 atom stereocenters. The minimum atomic E-state index is -1.92. The van der Waals surface area contributed by atoms with Crippen molar-refractivity contribution in [2.75, 3.05) is 28.4 Å². The average molecular weight is 544 g/mol. The number of fused-ring (bicyclic) bond motifs is 1. The molecule has 10 nitrogen and oxygen atoms in total. The normalized spacial score (nSPS) is 24.0. The van der Waals surface area contributed by atoms with E-state index in [0.29, 0.717) is 11.3 Å². The number of ether oxygens (including phenoxy) is 5. The van der Waals surface area contributed by atoms with Gasteiger partial charge in [0.1, 0.15) is 22.1 Å². The first-order valence-electron chi connectivity index (χ1n) is 11.8. The lowest BCUT2D eigenvalue weighted by Crippen LogP contribution is -2.59. The Hall–Kier alpha value is -3.92. The molecule has 2 heterocycles. The van der Waals surface area contributed by atoms with Crippen LogP contribution >= 0.6 is 11.6 Å². The second kappa shape index (κ2) is 9.13. The molecule has 0 bridgehead atoms. The van der Waals surface area contributed by atoms with Crippen molar-refractivity contribution in [2.45, 2.75) is 31.3 Å². The van der Waals surface area contributed by atoms with Crippen molar-refractivity contribution >= 4 is 29.1 Å². The lowest BCUT2D eigenvalue weighted by molar-refractivity contribution is -0.131. The van der Waals surface area contributed by atoms with Gasteiger partial charge in [-0.15, -0.1) is 0 Å². The summed E-state index contributed by atoms with van der Waals surface area (Å²) in [6.07, 6.45) is 0.109. The molecule has 2 N–H and O–H groups in total. The predicted molar refractivity (Wildman–Crippen MR) is 135 cm³/mol. The molecule has 5 rings (SSSR count). The summed E-state index contributed by atoms with van der Waals surface area (Å²) < 4.78 is 27.6. The van der Waals surface area contributed by atoms with E-state index < -0.39 is 29.0 Å². The fraction of sp³-hybridized carbons (Fsp3) is 0.370. The molecule has 0 fully saturated rings. The third-order valence-corrected chi connectivity index (χ3v) is 7.82. The highest BCUT2D eigenvalue weighted by molar-refractivity contribution is 6.36. The van der Waals surface area contributed by atoms with E-state index in [1.54, 1.807) is 19.1 Å². The van der Waals surface area contributed by atoms with Crippen LogP contribution in [0.1, 0.15) is 41.6 Å². The summed E-state index contributed by atoms with van der Waals surface area (Å²) in [6, 6.07) is 4.56. The number of carbonyl (C=O) groups excluding carboxylic acids is 3. The van der Waals surface area contributed by atoms with E-state index in [2.05, 4.69) is 5.32 Å². The summed E-state index contributed by atoms with van der Waals surface area (Å²) in [5.41, 5.74) is -0.705. The molecule has 11 heteroatoms. The number of methoxy groups -OCH3 is 4. The number of aromatic hydroxyl groups is 1. The molecule has 2 aromatic carbocycles. The van der Waals surface area contributed by atoms with Crippen LogP contribution in [0.15, 0.2) is 29.5 Å². The molecular formula is C27H26ClNO9. The Labute approximate surface area is 223 Å². The number of phenolic OH excluding ortho intramolecular Hbond substituents is 1. The number of phenols is 1. The van der Waals surface area contributed by atoms with Gasteiger partial charge in [0.2, 0.25) is 28.8 Å². The Morgan fingerprint density at radius 1 is 0.921 bits per heavy atom. The van der Waals surface area contributed by atoms with Gasteiger partial charge in [0.25, 0.3) is 0 Å². The van der Waals surface area contributed by atoms with Crippen molar-refractivity contribution in [1.29, 1.82) is 0 Å². The first kappa shape index (κ1) is 25.7. The quantitative estimate of drug-likeness (QED) is 0.544. The second-order valence-electron chi connectivity index (χ2n) is 9.37. The molecule has 0 aromatic heterocycles. The summed E-state index contributed by atoms with van der Waals surface area (Å²) in [4.78, 5) is 41.2. The van der Waals surface area contributed by atoms with Crippen molar-refractivity contribution in [2.24, 2.45) is 5.92 Å². The number of carbonyl (C=O) groups is 3. The molecule has 0 saturated heterocycles. The smallest absolute Gasteiger partial charge is 0.236 e. The topological polar surface area (TPSA) is 130 Å². The third-order valence-electron chi connectivity index (χ3n) is 7.46. The van der Waals surface area contributed by atoms with Gasteiger partial charge < -0.3 is 34.1 Å². The first-order chi connectivity index (χ1) is 18.1. The second-order valence-corrected chi connectivity index (χ2v) is 9.75. The summed E-state index contributed by atoms with van der Waals surface area (Å²) in [5, 5.41) is 13.3. The maximum Gasteiger partial charge on any atom is 0.236 e. The van der Waals surface area contributed by atoms with Gasteiger partial charge in [0.15, 0.2) is 17.2 Å². The van der Waals surface area contributed by atoms with Gasteiger partial charge in [-0.3, -0.25) is 14.4 Å². The van der Waals surface area contributed by atoms with E-state index in [1.807, 2.05) is 0 Å². The van der Waals surface area contributed by atoms with Crippen molar-refractivity contribution in [1.82, 2.24) is 5.32 Å². The molecule has 0 saturated carbocycles. The van der Waals surface area contributed by atoms with Gasteiger partial charge >= 0.3 is 0 Å². The SMILES string of the molecule is COc1cc(C2CC(=O)NC3=C2C(=O)C2(Oc4c(Cl)c(OC)cc(OC)c4C2=O)C(C)C3)cc(OC)c1O. The number of ketones is 2. The molecule has 2 aromatic rings. The Morgan fingerprint density at radius 3 is 2.11 bits per heavy atom. The zero-order valence-electron chi connectivity index (χ0n) is 21.4. The fourth-order valence-electron chi connectivity index (χ4n) is 5.59. The van der Waals surface area contributed by atoms with Gasteiger partial charge in [0.05, 0.1) is 28.4 Å². The molecule has 1 aliphatic carbocycles. The van der Waals surface area contributed by atoms with Gasteiger partial charge in [-0.1, -0.05) is 18.5 Å². The molecule has 3 aliphatic rings. The molecule has 3 unspecified atom stereocenters. The van der Waals surface area contributed by atoms with Crippen molar-refractivity contribution in [3.05, 3.63) is 45.6 Å². The van der Waals surface area contributed by atoms with Crippen LogP contribution in [-0.4, -0.2) is 56.6 Å². The largest absolute Gasteiger partial charge is 0.502 e. The Morgan fingerprint density at radius 2 is 1.53 bits per heavy atom. The van der Waals surface area contributed by atoms with Gasteiger partial charge in [-0.2, -0.15) is 0 Å². The lowest BCUT2D eigenvalue weighted by atomic mass is 9.66. The summed E-state index contributed by atoms with van der Waals surface area (Å²) in [7, 11) is 5.58. The molecule has 0 radical (unpaired) electrons. The lowest BCUT2D eigenvalue weighted by Gasteiger charge is -2.41. The monoisotopic (exact) mass is 543 g/mol. The third kappa shape index (κ3) is 3.43.